The molecular weight excluding hydrogens is 432 g/mol. The molecule has 0 aliphatic rings. The van der Waals surface area contributed by atoms with E-state index in [1.54, 1.807) is 0 Å². The fourth-order valence-corrected chi connectivity index (χ4v) is 4.63. The van der Waals surface area contributed by atoms with Crippen molar-refractivity contribution in [2.24, 2.45) is 0 Å². The molecule has 0 N–H and O–H groups in total. The lowest BCUT2D eigenvalue weighted by atomic mass is 10.0. The van der Waals surface area contributed by atoms with Gasteiger partial charge in [-0.25, -0.2) is 0 Å². The lowest BCUT2D eigenvalue weighted by Crippen LogP contribution is -2.26. The second-order valence-corrected chi connectivity index (χ2v) is 10.4. The normalized spacial score (nSPS) is 11.3. The van der Waals surface area contributed by atoms with Crippen molar-refractivity contribution in [3.05, 3.63) is 29.8 Å². The number of hydrogen-bond donors (Lipinski definition) is 0. The first kappa shape index (κ1) is 31.6. The van der Waals surface area contributed by atoms with E-state index in [1.165, 1.54) is 96.3 Å². The van der Waals surface area contributed by atoms with Crippen molar-refractivity contribution in [1.82, 2.24) is 4.90 Å². The topological polar surface area (TPSA) is 32.8 Å². The van der Waals surface area contributed by atoms with Gasteiger partial charge in [-0.15, -0.1) is 0 Å². The quantitative estimate of drug-likeness (QED) is 0.102. The molecule has 0 saturated carbocycles. The summed E-state index contributed by atoms with van der Waals surface area (Å²) in [6, 6.07) is 8.12. The zero-order chi connectivity index (χ0) is 25.4. The average molecular weight is 489 g/mol. The molecule has 1 amide bonds. The summed E-state index contributed by atoms with van der Waals surface area (Å²) < 4.78 is 5.97. The molecule has 0 aliphatic heterocycles. The molecule has 0 heterocycles. The van der Waals surface area contributed by atoms with Crippen LogP contribution in [0.4, 0.5) is 5.69 Å². The summed E-state index contributed by atoms with van der Waals surface area (Å²) in [5, 5.41) is 0. The molecule has 0 atom stereocenters. The third-order valence-electron chi connectivity index (χ3n) is 6.83. The molecule has 1 rings (SSSR count). The maximum atomic E-state index is 11.6. The van der Waals surface area contributed by atoms with Crippen LogP contribution in [0.2, 0.25) is 0 Å². The van der Waals surface area contributed by atoms with Crippen molar-refractivity contribution >= 4 is 12.1 Å². The van der Waals surface area contributed by atoms with Crippen molar-refractivity contribution < 1.29 is 9.53 Å². The minimum Gasteiger partial charge on any atom is -0.377 e. The van der Waals surface area contributed by atoms with Crippen molar-refractivity contribution in [3.8, 4) is 0 Å². The Kier molecular flexibility index (Phi) is 20.8. The van der Waals surface area contributed by atoms with E-state index >= 15 is 0 Å². The smallest absolute Gasteiger partial charge is 0.214 e. The lowest BCUT2D eigenvalue weighted by Gasteiger charge is -2.21. The summed E-state index contributed by atoms with van der Waals surface area (Å²) in [7, 11) is 4.12. The summed E-state index contributed by atoms with van der Waals surface area (Å²) in [5.41, 5.74) is 2.08. The first-order valence-electron chi connectivity index (χ1n) is 14.7. The third kappa shape index (κ3) is 17.6. The number of amides is 1. The zero-order valence-corrected chi connectivity index (χ0v) is 23.4. The van der Waals surface area contributed by atoms with Crippen LogP contribution in [0.1, 0.15) is 122 Å². The van der Waals surface area contributed by atoms with Gasteiger partial charge in [0, 0.05) is 24.4 Å². The molecule has 0 spiro atoms. The van der Waals surface area contributed by atoms with Crippen LogP contribution in [-0.4, -0.2) is 45.1 Å². The molecule has 0 fully saturated rings. The highest BCUT2D eigenvalue weighted by atomic mass is 16.5. The number of para-hydroxylation sites is 1. The van der Waals surface area contributed by atoms with Crippen LogP contribution in [0.15, 0.2) is 24.3 Å². The molecule has 202 valence electrons. The maximum Gasteiger partial charge on any atom is 0.214 e. The van der Waals surface area contributed by atoms with E-state index in [1.807, 2.05) is 23.1 Å². The van der Waals surface area contributed by atoms with E-state index in [9.17, 15) is 4.79 Å². The van der Waals surface area contributed by atoms with Gasteiger partial charge in [0.2, 0.25) is 6.41 Å². The predicted octanol–water partition coefficient (Wildman–Crippen LogP) is 8.38. The summed E-state index contributed by atoms with van der Waals surface area (Å²) in [5.74, 6) is 0. The van der Waals surface area contributed by atoms with Crippen LogP contribution in [0.5, 0.6) is 0 Å². The zero-order valence-electron chi connectivity index (χ0n) is 23.4. The number of carbonyl (C=O) groups is 1. The Bertz CT molecular complexity index is 605. The van der Waals surface area contributed by atoms with E-state index in [2.05, 4.69) is 32.0 Å². The molecule has 0 saturated heterocycles. The number of rotatable bonds is 25. The Morgan fingerprint density at radius 3 is 1.71 bits per heavy atom. The average Bonchev–Trinajstić information content (AvgIpc) is 2.86. The molecule has 0 aliphatic carbocycles. The van der Waals surface area contributed by atoms with E-state index < -0.39 is 0 Å². The van der Waals surface area contributed by atoms with E-state index in [0.29, 0.717) is 6.61 Å². The van der Waals surface area contributed by atoms with E-state index in [-0.39, 0.29) is 0 Å². The van der Waals surface area contributed by atoms with Gasteiger partial charge in [0.25, 0.3) is 0 Å². The second-order valence-electron chi connectivity index (χ2n) is 10.4. The minimum atomic E-state index is 0.576. The highest BCUT2D eigenvalue weighted by Gasteiger charge is 2.10. The Labute approximate surface area is 217 Å². The Balaban J connectivity index is 2.00. The molecular formula is C31H56N2O2. The van der Waals surface area contributed by atoms with Crippen LogP contribution in [0.25, 0.3) is 0 Å². The molecule has 1 aromatic rings. The van der Waals surface area contributed by atoms with Crippen molar-refractivity contribution in [1.29, 1.82) is 0 Å². The van der Waals surface area contributed by atoms with Crippen LogP contribution in [-0.2, 0) is 16.1 Å². The number of carbonyl (C=O) groups excluding carboxylic acids is 1. The van der Waals surface area contributed by atoms with Gasteiger partial charge in [-0.2, -0.15) is 0 Å². The van der Waals surface area contributed by atoms with Crippen LogP contribution < -0.4 is 4.90 Å². The van der Waals surface area contributed by atoms with Crippen LogP contribution >= 0.6 is 0 Å². The highest BCUT2D eigenvalue weighted by Crippen LogP contribution is 2.21. The highest BCUT2D eigenvalue weighted by molar-refractivity contribution is 5.76. The molecule has 0 unspecified atom stereocenters. The van der Waals surface area contributed by atoms with Crippen molar-refractivity contribution in [3.63, 3.8) is 0 Å². The number of unbranched alkanes of at least 4 members (excludes halogenated alkanes) is 15. The first-order valence-corrected chi connectivity index (χ1v) is 14.7. The number of hydrogen-bond acceptors (Lipinski definition) is 3. The number of ether oxygens (including phenoxy) is 1. The van der Waals surface area contributed by atoms with Gasteiger partial charge in [-0.05, 0) is 39.5 Å². The summed E-state index contributed by atoms with van der Waals surface area (Å²) in [6.07, 6.45) is 24.1. The Hall–Kier alpha value is -1.39. The third-order valence-corrected chi connectivity index (χ3v) is 6.83. The minimum absolute atomic E-state index is 0.576. The number of nitrogens with zero attached hydrogens (tertiary/aromatic N) is 2. The maximum absolute atomic E-state index is 11.6. The predicted molar refractivity (Wildman–Crippen MR) is 152 cm³/mol. The largest absolute Gasteiger partial charge is 0.377 e. The summed E-state index contributed by atoms with van der Waals surface area (Å²) >= 11 is 0. The van der Waals surface area contributed by atoms with Gasteiger partial charge in [-0.3, -0.25) is 4.79 Å². The monoisotopic (exact) mass is 488 g/mol. The standard InChI is InChI=1S/C31H56N2O2/c1-4-5-6-7-8-9-10-11-12-13-14-15-16-17-18-21-27-35-28-30-23-19-20-24-31(30)33(29-34)26-22-25-32(2)3/h19-20,23-24,29H,4-18,21-22,25-28H2,1-3H3. The molecule has 4 nitrogen and oxygen atoms in total. The lowest BCUT2D eigenvalue weighted by molar-refractivity contribution is -0.107. The van der Waals surface area contributed by atoms with E-state index in [4.69, 9.17) is 4.74 Å². The van der Waals surface area contributed by atoms with Gasteiger partial charge in [-0.1, -0.05) is 121 Å². The number of anilines is 1. The van der Waals surface area contributed by atoms with Crippen molar-refractivity contribution in [2.45, 2.75) is 123 Å². The second kappa shape index (κ2) is 23.0. The van der Waals surface area contributed by atoms with Gasteiger partial charge in [0.15, 0.2) is 0 Å². The molecule has 4 heteroatoms. The number of benzene rings is 1. The summed E-state index contributed by atoms with van der Waals surface area (Å²) in [4.78, 5) is 15.6. The fourth-order valence-electron chi connectivity index (χ4n) is 4.63. The SMILES string of the molecule is CCCCCCCCCCCCCCCCCCOCc1ccccc1N(C=O)CCCN(C)C. The Morgan fingerprint density at radius 2 is 1.20 bits per heavy atom. The molecule has 1 aromatic carbocycles. The van der Waals surface area contributed by atoms with Gasteiger partial charge >= 0.3 is 0 Å². The fraction of sp³-hybridized carbons (Fsp3) is 0.774. The van der Waals surface area contributed by atoms with Gasteiger partial charge < -0.3 is 14.5 Å². The Morgan fingerprint density at radius 1 is 0.686 bits per heavy atom. The van der Waals surface area contributed by atoms with Gasteiger partial charge in [0.1, 0.15) is 0 Å². The van der Waals surface area contributed by atoms with E-state index in [0.717, 1.165) is 50.2 Å². The van der Waals surface area contributed by atoms with Gasteiger partial charge in [0.05, 0.1) is 6.61 Å². The summed E-state index contributed by atoms with van der Waals surface area (Å²) in [6.45, 7) is 5.37. The van der Waals surface area contributed by atoms with Crippen molar-refractivity contribution in [2.75, 3.05) is 38.7 Å². The van der Waals surface area contributed by atoms with Crippen LogP contribution in [0, 0.1) is 0 Å². The molecule has 0 aromatic heterocycles. The molecule has 0 bridgehead atoms. The van der Waals surface area contributed by atoms with Crippen LogP contribution in [0.3, 0.4) is 0 Å². The first-order chi connectivity index (χ1) is 17.2. The molecule has 0 radical (unpaired) electrons. The molecule has 35 heavy (non-hydrogen) atoms.